The molecule has 0 spiro atoms. The molecule has 0 N–H and O–H groups in total. The van der Waals surface area contributed by atoms with Crippen molar-refractivity contribution >= 4 is 36.0 Å². The lowest BCUT2D eigenvalue weighted by Gasteiger charge is -2.53. The van der Waals surface area contributed by atoms with Crippen LogP contribution in [0.3, 0.4) is 0 Å². The van der Waals surface area contributed by atoms with Crippen molar-refractivity contribution in [3.8, 4) is 0 Å². The van der Waals surface area contributed by atoms with E-state index in [9.17, 15) is 0 Å². The minimum absolute atomic E-state index is 0.0317. The number of benzene rings is 1. The van der Waals surface area contributed by atoms with Crippen molar-refractivity contribution in [2.75, 3.05) is 0 Å². The smallest absolute Gasteiger partial charge is 0.0370 e. The molecule has 0 radical (unpaired) electrons. The van der Waals surface area contributed by atoms with Crippen LogP contribution in [0.4, 0.5) is 0 Å². The fourth-order valence-electron chi connectivity index (χ4n) is 6.69. The quantitative estimate of drug-likeness (QED) is 0.312. The molecule has 3 atom stereocenters. The molecule has 0 nitrogen and oxygen atoms in total. The zero-order valence-electron chi connectivity index (χ0n) is 21.6. The lowest BCUT2D eigenvalue weighted by molar-refractivity contribution is 0.481. The van der Waals surface area contributed by atoms with E-state index in [4.69, 9.17) is 0 Å². The Labute approximate surface area is 209 Å². The predicted octanol–water partition coefficient (Wildman–Crippen LogP) is 9.67. The van der Waals surface area contributed by atoms with E-state index in [-0.39, 0.29) is 7.92 Å². The van der Waals surface area contributed by atoms with Crippen LogP contribution in [0, 0.1) is 0 Å². The number of allylic oxidation sites excluding steroid dienone is 4. The van der Waals surface area contributed by atoms with Gasteiger partial charge in [-0.1, -0.05) is 125 Å². The van der Waals surface area contributed by atoms with Crippen LogP contribution < -0.4 is 5.30 Å². The van der Waals surface area contributed by atoms with Crippen molar-refractivity contribution in [1.82, 2.24) is 0 Å². The maximum atomic E-state index is 2.59. The van der Waals surface area contributed by atoms with E-state index in [1.807, 2.05) is 0 Å². The molecular weight excluding hydrogens is 453 g/mol. The third-order valence-electron chi connectivity index (χ3n) is 7.82. The van der Waals surface area contributed by atoms with Crippen molar-refractivity contribution in [2.45, 2.75) is 126 Å². The lowest BCUT2D eigenvalue weighted by atomic mass is 9.95. The maximum Gasteiger partial charge on any atom is 0.0370 e. The Balaban J connectivity index is 1.84. The van der Waals surface area contributed by atoms with Gasteiger partial charge in [-0.15, -0.1) is 8.58 Å². The SMILES string of the molecule is CC(C)Pc1ccccc1C1=CC=CCC1(PC(C)C)P(C1CCCCC1)C1CCCCC1. The van der Waals surface area contributed by atoms with E-state index in [2.05, 4.69) is 70.2 Å². The van der Waals surface area contributed by atoms with E-state index in [1.54, 1.807) is 16.4 Å². The molecule has 0 heterocycles. The summed E-state index contributed by atoms with van der Waals surface area (Å²) >= 11 is 0. The van der Waals surface area contributed by atoms with Crippen LogP contribution in [0.2, 0.25) is 0 Å². The first-order valence-corrected chi connectivity index (χ1v) is 17.4. The first-order valence-electron chi connectivity index (χ1n) is 13.8. The molecule has 0 aliphatic heterocycles. The second-order valence-electron chi connectivity index (χ2n) is 11.2. The van der Waals surface area contributed by atoms with Gasteiger partial charge in [0.2, 0.25) is 0 Å². The summed E-state index contributed by atoms with van der Waals surface area (Å²) in [6.45, 7) is 9.80. The summed E-state index contributed by atoms with van der Waals surface area (Å²) < 4.78 is 0. The molecular formula is C30H47P3. The molecule has 3 aliphatic rings. The summed E-state index contributed by atoms with van der Waals surface area (Å²) in [7, 11) is 1.92. The van der Waals surface area contributed by atoms with Crippen LogP contribution >= 0.6 is 25.1 Å². The number of hydrogen-bond acceptors (Lipinski definition) is 0. The fourth-order valence-corrected chi connectivity index (χ4v) is 16.4. The van der Waals surface area contributed by atoms with Gasteiger partial charge in [-0.3, -0.25) is 0 Å². The average Bonchev–Trinajstić information content (AvgIpc) is 2.81. The van der Waals surface area contributed by atoms with Crippen molar-refractivity contribution in [2.24, 2.45) is 0 Å². The topological polar surface area (TPSA) is 0 Å². The highest BCUT2D eigenvalue weighted by Crippen LogP contribution is 2.75. The Hall–Kier alpha value is -0.0100. The summed E-state index contributed by atoms with van der Waals surface area (Å²) in [5, 5.41) is 1.62. The molecule has 0 bridgehead atoms. The van der Waals surface area contributed by atoms with Gasteiger partial charge in [0.1, 0.15) is 0 Å². The van der Waals surface area contributed by atoms with Crippen molar-refractivity contribution in [1.29, 1.82) is 0 Å². The van der Waals surface area contributed by atoms with Gasteiger partial charge in [-0.05, 0) is 71.2 Å². The molecule has 3 unspecified atom stereocenters. The zero-order chi connectivity index (χ0) is 23.3. The Bertz CT molecular complexity index is 794. The van der Waals surface area contributed by atoms with Crippen LogP contribution in [-0.4, -0.2) is 27.5 Å². The molecule has 0 aromatic heterocycles. The van der Waals surface area contributed by atoms with Gasteiger partial charge in [-0.25, -0.2) is 0 Å². The van der Waals surface area contributed by atoms with E-state index >= 15 is 0 Å². The van der Waals surface area contributed by atoms with Gasteiger partial charge in [0.05, 0.1) is 0 Å². The third-order valence-corrected chi connectivity index (χ3v) is 15.7. The van der Waals surface area contributed by atoms with Gasteiger partial charge in [-0.2, -0.15) is 0 Å². The number of rotatable bonds is 8. The first-order chi connectivity index (χ1) is 16.0. The number of hydrogen-bond donors (Lipinski definition) is 0. The molecule has 2 fully saturated rings. The minimum Gasteiger partial charge on any atom is -0.103 e. The van der Waals surface area contributed by atoms with Gasteiger partial charge < -0.3 is 0 Å². The summed E-state index contributed by atoms with van der Waals surface area (Å²) in [5.74, 6) is 0. The van der Waals surface area contributed by atoms with Crippen molar-refractivity contribution in [3.05, 3.63) is 48.1 Å². The van der Waals surface area contributed by atoms with E-state index < -0.39 is 0 Å². The van der Waals surface area contributed by atoms with Crippen LogP contribution in [-0.2, 0) is 0 Å². The highest BCUT2D eigenvalue weighted by Gasteiger charge is 2.49. The Morgan fingerprint density at radius 3 is 2.00 bits per heavy atom. The molecule has 33 heavy (non-hydrogen) atoms. The lowest BCUT2D eigenvalue weighted by Crippen LogP contribution is -2.37. The van der Waals surface area contributed by atoms with Crippen molar-refractivity contribution in [3.63, 3.8) is 0 Å². The van der Waals surface area contributed by atoms with E-state index in [0.29, 0.717) is 4.90 Å². The van der Waals surface area contributed by atoms with Gasteiger partial charge in [0.25, 0.3) is 0 Å². The summed E-state index contributed by atoms with van der Waals surface area (Å²) in [5.41, 5.74) is 6.86. The van der Waals surface area contributed by atoms with E-state index in [0.717, 1.165) is 39.8 Å². The second kappa shape index (κ2) is 12.3. The average molecular weight is 501 g/mol. The van der Waals surface area contributed by atoms with Crippen LogP contribution in [0.25, 0.3) is 5.57 Å². The van der Waals surface area contributed by atoms with Crippen LogP contribution in [0.15, 0.2) is 42.5 Å². The fraction of sp³-hybridized carbons (Fsp3) is 0.667. The predicted molar refractivity (Wildman–Crippen MR) is 158 cm³/mol. The van der Waals surface area contributed by atoms with Crippen LogP contribution in [0.5, 0.6) is 0 Å². The molecule has 0 amide bonds. The normalized spacial score (nSPS) is 26.0. The molecule has 0 saturated heterocycles. The Morgan fingerprint density at radius 2 is 1.42 bits per heavy atom. The Kier molecular flexibility index (Phi) is 9.71. The standard InChI is InChI=1S/C30H47P3/c1-23(2)31-29-21-12-11-19-27(29)28-20-13-14-22-30(28,32-24(3)4)33(25-15-7-5-8-16-25)26-17-9-6-10-18-26/h11-14,19-21,23-26,31-32H,5-10,15-18,22H2,1-4H3. The largest absolute Gasteiger partial charge is 0.103 e. The van der Waals surface area contributed by atoms with Gasteiger partial charge in [0, 0.05) is 4.90 Å². The third kappa shape index (κ3) is 6.22. The zero-order valence-corrected chi connectivity index (χ0v) is 24.5. The van der Waals surface area contributed by atoms with Gasteiger partial charge in [0.15, 0.2) is 0 Å². The molecule has 3 aliphatic carbocycles. The second-order valence-corrected chi connectivity index (χ2v) is 18.9. The molecule has 2 saturated carbocycles. The minimum atomic E-state index is -0.0317. The molecule has 4 rings (SSSR count). The van der Waals surface area contributed by atoms with E-state index in [1.165, 1.54) is 70.6 Å². The monoisotopic (exact) mass is 500 g/mol. The van der Waals surface area contributed by atoms with Crippen molar-refractivity contribution < 1.29 is 0 Å². The molecule has 182 valence electrons. The van der Waals surface area contributed by atoms with Crippen LogP contribution in [0.1, 0.15) is 104 Å². The maximum absolute atomic E-state index is 2.59. The Morgan fingerprint density at radius 1 is 0.818 bits per heavy atom. The summed E-state index contributed by atoms with van der Waals surface area (Å²) in [6.07, 6.45) is 23.8. The first kappa shape index (κ1) is 26.1. The molecule has 1 aromatic rings. The molecule has 3 heteroatoms. The summed E-state index contributed by atoms with van der Waals surface area (Å²) in [4.78, 5) is 0.403. The highest BCUT2D eigenvalue weighted by atomic mass is 31.2. The highest BCUT2D eigenvalue weighted by molar-refractivity contribution is 7.72. The summed E-state index contributed by atoms with van der Waals surface area (Å²) in [6, 6.07) is 9.53. The molecule has 1 aromatic carbocycles. The van der Waals surface area contributed by atoms with Gasteiger partial charge >= 0.3 is 0 Å².